The summed E-state index contributed by atoms with van der Waals surface area (Å²) in [5, 5.41) is 16.6. The highest BCUT2D eigenvalue weighted by Gasteiger charge is 2.24. The van der Waals surface area contributed by atoms with E-state index in [0.717, 1.165) is 19.3 Å². The molecule has 12 heteroatoms. The quantitative estimate of drug-likeness (QED) is 0.0498. The van der Waals surface area contributed by atoms with Gasteiger partial charge in [0, 0.05) is 13.1 Å². The van der Waals surface area contributed by atoms with Gasteiger partial charge in [-0.05, 0) is 19.3 Å². The predicted molar refractivity (Wildman–Crippen MR) is 154 cm³/mol. The van der Waals surface area contributed by atoms with Gasteiger partial charge in [-0.2, -0.15) is 0 Å². The van der Waals surface area contributed by atoms with Crippen molar-refractivity contribution in [3.8, 4) is 0 Å². The number of aliphatic carboxylic acids is 1. The molecule has 0 saturated heterocycles. The minimum Gasteiger partial charge on any atom is -0.481 e. The number of carboxylic acid groups (broad SMARTS) is 1. The van der Waals surface area contributed by atoms with E-state index in [1.807, 2.05) is 0 Å². The number of nitrogens with two attached hydrogens (primary N) is 3. The second-order valence-electron chi connectivity index (χ2n) is 10.0. The van der Waals surface area contributed by atoms with E-state index in [-0.39, 0.29) is 5.96 Å². The highest BCUT2D eigenvalue weighted by Crippen LogP contribution is 2.12. The van der Waals surface area contributed by atoms with Gasteiger partial charge in [-0.3, -0.25) is 24.2 Å². The molecule has 0 fully saturated rings. The van der Waals surface area contributed by atoms with Crippen molar-refractivity contribution in [1.82, 2.24) is 16.0 Å². The van der Waals surface area contributed by atoms with Crippen LogP contribution in [0.4, 0.5) is 0 Å². The Balaban J connectivity index is 4.09. The van der Waals surface area contributed by atoms with Crippen LogP contribution in [0.5, 0.6) is 0 Å². The molecule has 3 amide bonds. The van der Waals surface area contributed by atoms with E-state index in [1.165, 1.54) is 64.2 Å². The molecule has 2 unspecified atom stereocenters. The molecule has 0 spiro atoms. The third-order valence-corrected chi connectivity index (χ3v) is 6.34. The highest BCUT2D eigenvalue weighted by molar-refractivity contribution is 5.92. The number of unbranched alkanes of at least 4 members (excludes halogenated alkanes) is 12. The number of rotatable bonds is 25. The van der Waals surface area contributed by atoms with Crippen molar-refractivity contribution in [2.24, 2.45) is 22.2 Å². The van der Waals surface area contributed by atoms with E-state index < -0.39 is 48.7 Å². The molecule has 0 saturated carbocycles. The second kappa shape index (κ2) is 24.2. The van der Waals surface area contributed by atoms with Gasteiger partial charge in [-0.1, -0.05) is 84.0 Å². The molecule has 10 N–H and O–H groups in total. The van der Waals surface area contributed by atoms with Crippen LogP contribution < -0.4 is 33.2 Å². The Morgan fingerprint density at radius 3 is 1.82 bits per heavy atom. The van der Waals surface area contributed by atoms with Gasteiger partial charge in [0.25, 0.3) is 0 Å². The summed E-state index contributed by atoms with van der Waals surface area (Å²) in [4.78, 5) is 51.7. The Morgan fingerprint density at radius 1 is 0.769 bits per heavy atom. The molecule has 0 aromatic carbocycles. The standard InChI is InChI=1S/C27H53N7O5/c1-2-3-4-5-6-7-8-9-10-11-12-13-14-17-31-26(39)22(19-24(36)37)34-23(35)20-33-25(38)21(28)16-15-18-32-27(29)30/h21-22H,2-20,28H2,1H3,(H,31,39)(H,33,38)(H,34,35)(H,36,37)(H4,29,30,32). The van der Waals surface area contributed by atoms with Crippen LogP contribution in [-0.4, -0.2) is 66.5 Å². The van der Waals surface area contributed by atoms with Crippen LogP contribution in [0.2, 0.25) is 0 Å². The van der Waals surface area contributed by atoms with Gasteiger partial charge in [-0.25, -0.2) is 0 Å². The zero-order valence-electron chi connectivity index (χ0n) is 23.8. The van der Waals surface area contributed by atoms with Crippen molar-refractivity contribution in [1.29, 1.82) is 0 Å². The average Bonchev–Trinajstić information content (AvgIpc) is 2.88. The Labute approximate surface area is 233 Å². The summed E-state index contributed by atoms with van der Waals surface area (Å²) >= 11 is 0. The largest absolute Gasteiger partial charge is 0.481 e. The number of nitrogens with one attached hydrogen (secondary N) is 3. The summed E-state index contributed by atoms with van der Waals surface area (Å²) < 4.78 is 0. The number of amides is 3. The first-order chi connectivity index (χ1) is 18.7. The highest BCUT2D eigenvalue weighted by atomic mass is 16.4. The van der Waals surface area contributed by atoms with E-state index in [2.05, 4.69) is 27.9 Å². The molecule has 39 heavy (non-hydrogen) atoms. The van der Waals surface area contributed by atoms with Gasteiger partial charge in [0.2, 0.25) is 17.7 Å². The number of hydrogen-bond acceptors (Lipinski definition) is 6. The molecular weight excluding hydrogens is 502 g/mol. The Morgan fingerprint density at radius 2 is 1.31 bits per heavy atom. The second-order valence-corrected chi connectivity index (χ2v) is 10.0. The summed E-state index contributed by atoms with van der Waals surface area (Å²) in [5.41, 5.74) is 16.2. The Hall–Kier alpha value is -2.89. The fraction of sp³-hybridized carbons (Fsp3) is 0.815. The van der Waals surface area contributed by atoms with Gasteiger partial charge in [0.1, 0.15) is 6.04 Å². The first-order valence-corrected chi connectivity index (χ1v) is 14.5. The molecule has 0 bridgehead atoms. The zero-order valence-corrected chi connectivity index (χ0v) is 23.8. The smallest absolute Gasteiger partial charge is 0.305 e. The molecule has 0 radical (unpaired) electrons. The molecule has 0 aromatic heterocycles. The minimum absolute atomic E-state index is 0.0472. The molecular formula is C27H53N7O5. The summed E-state index contributed by atoms with van der Waals surface area (Å²) in [7, 11) is 0. The molecule has 0 aliphatic heterocycles. The molecule has 12 nitrogen and oxygen atoms in total. The Bertz CT molecular complexity index is 729. The fourth-order valence-electron chi connectivity index (χ4n) is 4.06. The number of aliphatic imine (C=N–C) groups is 1. The van der Waals surface area contributed by atoms with Gasteiger partial charge in [0.05, 0.1) is 19.0 Å². The van der Waals surface area contributed by atoms with Gasteiger partial charge >= 0.3 is 5.97 Å². The lowest BCUT2D eigenvalue weighted by atomic mass is 10.0. The third-order valence-electron chi connectivity index (χ3n) is 6.34. The van der Waals surface area contributed by atoms with Crippen LogP contribution >= 0.6 is 0 Å². The number of hydrogen-bond donors (Lipinski definition) is 7. The van der Waals surface area contributed by atoms with E-state index in [0.29, 0.717) is 25.9 Å². The van der Waals surface area contributed by atoms with Crippen LogP contribution in [0.25, 0.3) is 0 Å². The van der Waals surface area contributed by atoms with Crippen molar-refractivity contribution >= 4 is 29.7 Å². The zero-order chi connectivity index (χ0) is 29.3. The van der Waals surface area contributed by atoms with Crippen molar-refractivity contribution in [2.45, 2.75) is 122 Å². The number of carbonyl (C=O) groups is 4. The van der Waals surface area contributed by atoms with Crippen LogP contribution in [0.1, 0.15) is 110 Å². The first kappa shape index (κ1) is 36.1. The number of guanidine groups is 1. The van der Waals surface area contributed by atoms with E-state index >= 15 is 0 Å². The lowest BCUT2D eigenvalue weighted by Crippen LogP contribution is -2.51. The van der Waals surface area contributed by atoms with Gasteiger partial charge in [-0.15, -0.1) is 0 Å². The van der Waals surface area contributed by atoms with Crippen LogP contribution in [0.15, 0.2) is 4.99 Å². The maximum atomic E-state index is 12.4. The lowest BCUT2D eigenvalue weighted by Gasteiger charge is -2.17. The van der Waals surface area contributed by atoms with Crippen LogP contribution in [-0.2, 0) is 19.2 Å². The fourth-order valence-corrected chi connectivity index (χ4v) is 4.06. The molecule has 0 heterocycles. The third kappa shape index (κ3) is 22.8. The molecule has 0 rings (SSSR count). The minimum atomic E-state index is -1.23. The summed E-state index contributed by atoms with van der Waals surface area (Å²) in [6.07, 6.45) is 16.1. The number of nitrogens with zero attached hydrogens (tertiary/aromatic N) is 1. The van der Waals surface area contributed by atoms with Crippen molar-refractivity contribution in [3.05, 3.63) is 0 Å². The van der Waals surface area contributed by atoms with E-state index in [1.54, 1.807) is 0 Å². The lowest BCUT2D eigenvalue weighted by molar-refractivity contribution is -0.140. The maximum absolute atomic E-state index is 12.4. The normalized spacial score (nSPS) is 12.3. The van der Waals surface area contributed by atoms with Crippen molar-refractivity contribution in [3.63, 3.8) is 0 Å². The topological polar surface area (TPSA) is 215 Å². The van der Waals surface area contributed by atoms with Gasteiger partial charge in [0.15, 0.2) is 5.96 Å². The molecule has 2 atom stereocenters. The summed E-state index contributed by atoms with van der Waals surface area (Å²) in [6, 6.07) is -2.09. The predicted octanol–water partition coefficient (Wildman–Crippen LogP) is 1.65. The monoisotopic (exact) mass is 555 g/mol. The molecule has 0 aliphatic carbocycles. The molecule has 0 aromatic rings. The van der Waals surface area contributed by atoms with Crippen LogP contribution in [0.3, 0.4) is 0 Å². The van der Waals surface area contributed by atoms with Crippen LogP contribution in [0, 0.1) is 0 Å². The number of carboxylic acids is 1. The van der Waals surface area contributed by atoms with E-state index in [9.17, 15) is 19.2 Å². The maximum Gasteiger partial charge on any atom is 0.305 e. The Kier molecular flexibility index (Phi) is 22.4. The van der Waals surface area contributed by atoms with E-state index in [4.69, 9.17) is 22.3 Å². The average molecular weight is 556 g/mol. The number of carbonyl (C=O) groups excluding carboxylic acids is 3. The van der Waals surface area contributed by atoms with Crippen molar-refractivity contribution < 1.29 is 24.3 Å². The SMILES string of the molecule is CCCCCCCCCCCCCCCNC(=O)C(CC(=O)O)NC(=O)CNC(=O)C(N)CCCN=C(N)N. The summed E-state index contributed by atoms with van der Waals surface area (Å²) in [6.45, 7) is 2.54. The van der Waals surface area contributed by atoms with Crippen molar-refractivity contribution in [2.75, 3.05) is 19.6 Å². The molecule has 226 valence electrons. The molecule has 0 aliphatic rings. The van der Waals surface area contributed by atoms with Gasteiger partial charge < -0.3 is 38.3 Å². The first-order valence-electron chi connectivity index (χ1n) is 14.5. The summed E-state index contributed by atoms with van der Waals surface area (Å²) in [5.74, 6) is -3.06.